The van der Waals surface area contributed by atoms with E-state index in [4.69, 9.17) is 14.2 Å². The van der Waals surface area contributed by atoms with E-state index in [-0.39, 0.29) is 5.97 Å². The average Bonchev–Trinajstić information content (AvgIpc) is 2.90. The van der Waals surface area contributed by atoms with Crippen molar-refractivity contribution >= 4 is 5.97 Å². The summed E-state index contributed by atoms with van der Waals surface area (Å²) in [7, 11) is 1.43. The van der Waals surface area contributed by atoms with E-state index in [9.17, 15) is 4.79 Å². The number of fused-ring (bicyclic) bond motifs is 1. The number of para-hydroxylation sites is 2. The maximum Gasteiger partial charge on any atom is 0.313 e. The highest BCUT2D eigenvalue weighted by atomic mass is 16.5. The SMILES string of the molecule is COC(=O)C1CC2(Oc3ccccc3)c3ccccc3C1(Oc1ccccc1)c1ccccc12. The minimum Gasteiger partial charge on any atom is -0.478 e. The molecule has 0 saturated heterocycles. The Bertz CT molecular complexity index is 1300. The second-order valence-corrected chi connectivity index (χ2v) is 8.76. The van der Waals surface area contributed by atoms with Gasteiger partial charge in [-0.2, -0.15) is 0 Å². The highest BCUT2D eigenvalue weighted by molar-refractivity contribution is 5.80. The minimum atomic E-state index is -1.04. The summed E-state index contributed by atoms with van der Waals surface area (Å²) in [5.41, 5.74) is 1.98. The molecule has 168 valence electrons. The molecule has 1 atom stereocenters. The fraction of sp³-hybridized carbons (Fsp3) is 0.167. The molecule has 1 unspecified atom stereocenters. The van der Waals surface area contributed by atoms with Gasteiger partial charge < -0.3 is 14.2 Å². The molecule has 0 N–H and O–H groups in total. The fourth-order valence-corrected chi connectivity index (χ4v) is 5.72. The van der Waals surface area contributed by atoms with Gasteiger partial charge in [-0.15, -0.1) is 0 Å². The Kier molecular flexibility index (Phi) is 4.70. The highest BCUT2D eigenvalue weighted by Crippen LogP contribution is 2.62. The van der Waals surface area contributed by atoms with Crippen molar-refractivity contribution in [3.05, 3.63) is 131 Å². The van der Waals surface area contributed by atoms with Gasteiger partial charge in [-0.25, -0.2) is 0 Å². The van der Waals surface area contributed by atoms with E-state index in [0.29, 0.717) is 12.2 Å². The maximum absolute atomic E-state index is 13.4. The van der Waals surface area contributed by atoms with Crippen LogP contribution in [0.25, 0.3) is 0 Å². The molecule has 0 spiro atoms. The third-order valence-electron chi connectivity index (χ3n) is 7.05. The second kappa shape index (κ2) is 7.77. The van der Waals surface area contributed by atoms with E-state index >= 15 is 0 Å². The Labute approximate surface area is 198 Å². The van der Waals surface area contributed by atoms with Crippen LogP contribution in [-0.2, 0) is 20.7 Å². The molecule has 4 aromatic rings. The molecular formula is C30H24O4. The molecule has 4 heteroatoms. The third kappa shape index (κ3) is 2.81. The van der Waals surface area contributed by atoms with Crippen molar-refractivity contribution in [2.75, 3.05) is 7.11 Å². The Hall–Kier alpha value is -4.05. The second-order valence-electron chi connectivity index (χ2n) is 8.76. The Morgan fingerprint density at radius 3 is 1.59 bits per heavy atom. The molecule has 2 bridgehead atoms. The molecule has 0 fully saturated rings. The predicted octanol–water partition coefficient (Wildman–Crippen LogP) is 5.84. The summed E-state index contributed by atoms with van der Waals surface area (Å²) in [6, 6.07) is 35.7. The first-order chi connectivity index (χ1) is 16.7. The molecule has 34 heavy (non-hydrogen) atoms. The highest BCUT2D eigenvalue weighted by Gasteiger charge is 2.66. The number of hydrogen-bond acceptors (Lipinski definition) is 4. The van der Waals surface area contributed by atoms with Gasteiger partial charge in [-0.1, -0.05) is 84.9 Å². The van der Waals surface area contributed by atoms with Crippen LogP contribution in [0.2, 0.25) is 0 Å². The van der Waals surface area contributed by atoms with Crippen LogP contribution in [0, 0.1) is 5.92 Å². The zero-order valence-electron chi connectivity index (χ0n) is 18.8. The van der Waals surface area contributed by atoms with Crippen molar-refractivity contribution in [1.29, 1.82) is 0 Å². The number of carbonyl (C=O) groups is 1. The Morgan fingerprint density at radius 1 is 0.647 bits per heavy atom. The predicted molar refractivity (Wildman–Crippen MR) is 129 cm³/mol. The summed E-state index contributed by atoms with van der Waals surface area (Å²) in [6.45, 7) is 0. The normalized spacial score (nSPS) is 24.0. The molecule has 0 aliphatic heterocycles. The molecule has 3 aliphatic rings. The van der Waals surface area contributed by atoms with Gasteiger partial charge >= 0.3 is 5.97 Å². The van der Waals surface area contributed by atoms with E-state index in [0.717, 1.165) is 28.0 Å². The fourth-order valence-electron chi connectivity index (χ4n) is 5.72. The van der Waals surface area contributed by atoms with Crippen LogP contribution in [-0.4, -0.2) is 13.1 Å². The first-order valence-electron chi connectivity index (χ1n) is 11.4. The lowest BCUT2D eigenvalue weighted by Gasteiger charge is -2.57. The minimum absolute atomic E-state index is 0.319. The molecule has 0 saturated carbocycles. The molecule has 0 aromatic heterocycles. The van der Waals surface area contributed by atoms with Gasteiger partial charge in [0, 0.05) is 28.7 Å². The Balaban J connectivity index is 1.67. The van der Waals surface area contributed by atoms with Crippen LogP contribution >= 0.6 is 0 Å². The van der Waals surface area contributed by atoms with Gasteiger partial charge in [-0.3, -0.25) is 4.79 Å². The van der Waals surface area contributed by atoms with Crippen molar-refractivity contribution in [2.24, 2.45) is 5.92 Å². The molecule has 3 aliphatic carbocycles. The van der Waals surface area contributed by atoms with Gasteiger partial charge in [0.2, 0.25) is 0 Å². The maximum atomic E-state index is 13.4. The molecule has 0 amide bonds. The van der Waals surface area contributed by atoms with Gasteiger partial charge in [0.15, 0.2) is 11.2 Å². The number of ether oxygens (including phenoxy) is 3. The lowest BCUT2D eigenvalue weighted by Crippen LogP contribution is -2.61. The monoisotopic (exact) mass is 448 g/mol. The van der Waals surface area contributed by atoms with Gasteiger partial charge in [0.05, 0.1) is 7.11 Å². The summed E-state index contributed by atoms with van der Waals surface area (Å²) in [6.07, 6.45) is 0.398. The number of benzene rings is 4. The molecule has 0 radical (unpaired) electrons. The summed E-state index contributed by atoms with van der Waals surface area (Å²) < 4.78 is 19.1. The molecule has 0 heterocycles. The lowest BCUT2D eigenvalue weighted by molar-refractivity contribution is -0.160. The van der Waals surface area contributed by atoms with Crippen molar-refractivity contribution in [3.63, 3.8) is 0 Å². The average molecular weight is 449 g/mol. The molecule has 4 aromatic carbocycles. The van der Waals surface area contributed by atoms with Gasteiger partial charge in [0.25, 0.3) is 0 Å². The number of carbonyl (C=O) groups excluding carboxylic acids is 1. The standard InChI is InChI=1S/C30H24O4/c1-32-28(31)27-20-29(33-21-12-4-2-5-13-21)23-16-8-10-18-25(23)30(27,26-19-11-9-17-24(26)29)34-22-14-6-3-7-15-22/h2-19,27H,20H2,1H3. The first-order valence-corrected chi connectivity index (χ1v) is 11.4. The third-order valence-corrected chi connectivity index (χ3v) is 7.05. The number of methoxy groups -OCH3 is 1. The zero-order chi connectivity index (χ0) is 23.2. The van der Waals surface area contributed by atoms with Crippen LogP contribution in [0.15, 0.2) is 109 Å². The Morgan fingerprint density at radius 2 is 1.09 bits per heavy atom. The van der Waals surface area contributed by atoms with E-state index in [1.165, 1.54) is 7.11 Å². The molecular weight excluding hydrogens is 424 g/mol. The summed E-state index contributed by atoms with van der Waals surface area (Å²) >= 11 is 0. The van der Waals surface area contributed by atoms with E-state index < -0.39 is 17.1 Å². The van der Waals surface area contributed by atoms with E-state index in [2.05, 4.69) is 12.1 Å². The van der Waals surface area contributed by atoms with Crippen molar-refractivity contribution in [3.8, 4) is 11.5 Å². The van der Waals surface area contributed by atoms with Gasteiger partial charge in [0.1, 0.15) is 17.4 Å². The lowest BCUT2D eigenvalue weighted by atomic mass is 9.54. The smallest absolute Gasteiger partial charge is 0.313 e. The molecule has 7 rings (SSSR count). The summed E-state index contributed by atoms with van der Waals surface area (Å²) in [4.78, 5) is 13.4. The van der Waals surface area contributed by atoms with Crippen LogP contribution in [0.3, 0.4) is 0 Å². The number of rotatable bonds is 5. The van der Waals surface area contributed by atoms with E-state index in [1.807, 2.05) is 97.1 Å². The summed E-state index contributed by atoms with van der Waals surface area (Å²) in [5.74, 6) is 0.515. The quantitative estimate of drug-likeness (QED) is 0.360. The van der Waals surface area contributed by atoms with Crippen LogP contribution < -0.4 is 9.47 Å². The van der Waals surface area contributed by atoms with Crippen LogP contribution in [0.5, 0.6) is 11.5 Å². The van der Waals surface area contributed by atoms with Gasteiger partial charge in [-0.05, 0) is 24.3 Å². The largest absolute Gasteiger partial charge is 0.478 e. The van der Waals surface area contributed by atoms with Crippen molar-refractivity contribution in [1.82, 2.24) is 0 Å². The number of esters is 1. The van der Waals surface area contributed by atoms with Crippen LogP contribution in [0.1, 0.15) is 28.7 Å². The van der Waals surface area contributed by atoms with Crippen molar-refractivity contribution < 1.29 is 19.0 Å². The first kappa shape index (κ1) is 20.5. The number of hydrogen-bond donors (Lipinski definition) is 0. The zero-order valence-corrected chi connectivity index (χ0v) is 18.8. The molecule has 4 nitrogen and oxygen atoms in total. The van der Waals surface area contributed by atoms with E-state index in [1.54, 1.807) is 0 Å². The van der Waals surface area contributed by atoms with Crippen molar-refractivity contribution in [2.45, 2.75) is 17.6 Å². The summed E-state index contributed by atoms with van der Waals surface area (Å²) in [5, 5.41) is 0. The topological polar surface area (TPSA) is 44.8 Å². The van der Waals surface area contributed by atoms with Crippen LogP contribution in [0.4, 0.5) is 0 Å².